The number of benzene rings is 2. The maximum Gasteiger partial charge on any atom is 0.318 e. The second-order valence-corrected chi connectivity index (χ2v) is 13.5. The van der Waals surface area contributed by atoms with E-state index in [0.717, 1.165) is 35.3 Å². The number of anilines is 2. The summed E-state index contributed by atoms with van der Waals surface area (Å²) in [6, 6.07) is 8.97. The molecule has 2 atom stereocenters. The Bertz CT molecular complexity index is 1760. The van der Waals surface area contributed by atoms with Crippen LogP contribution in [0, 0.1) is 17.8 Å². The van der Waals surface area contributed by atoms with Crippen molar-refractivity contribution in [1.29, 1.82) is 0 Å². The molecule has 4 heterocycles. The third-order valence-electron chi connectivity index (χ3n) is 10.1. The number of nitrogens with zero attached hydrogens (tertiary/aromatic N) is 7. The molecule has 1 spiro atoms. The molecule has 2 aromatic carbocycles. The maximum absolute atomic E-state index is 14.6. The number of hydrogen-bond acceptors (Lipinski definition) is 7. The quantitative estimate of drug-likeness (QED) is 0.256. The first-order valence-electron chi connectivity index (χ1n) is 15.7. The molecule has 1 aromatic heterocycles. The van der Waals surface area contributed by atoms with E-state index in [1.807, 2.05) is 18.2 Å². The summed E-state index contributed by atoms with van der Waals surface area (Å²) in [5.74, 6) is -1.57. The van der Waals surface area contributed by atoms with Crippen LogP contribution in [0.25, 0.3) is 15.6 Å². The van der Waals surface area contributed by atoms with Gasteiger partial charge in [-0.05, 0) is 55.7 Å². The topological polar surface area (TPSA) is 69.4 Å². The molecule has 46 heavy (non-hydrogen) atoms. The molecule has 1 amide bonds. The lowest BCUT2D eigenvalue weighted by atomic mass is 10.0. The van der Waals surface area contributed by atoms with Crippen LogP contribution < -0.4 is 14.5 Å². The van der Waals surface area contributed by atoms with Crippen molar-refractivity contribution in [2.75, 3.05) is 62.7 Å². The summed E-state index contributed by atoms with van der Waals surface area (Å²) < 4.78 is 34.8. The summed E-state index contributed by atoms with van der Waals surface area (Å²) >= 11 is 6.50. The lowest BCUT2D eigenvalue weighted by molar-refractivity contribution is -0.131. The normalized spacial score (nSPS) is 22.2. The minimum absolute atomic E-state index is 0.0358. The molecule has 9 nitrogen and oxygen atoms in total. The van der Waals surface area contributed by atoms with Gasteiger partial charge in [-0.15, -0.1) is 0 Å². The Balaban J connectivity index is 1.22. The number of rotatable bonds is 7. The summed E-state index contributed by atoms with van der Waals surface area (Å²) in [6.45, 7) is 14.3. The lowest BCUT2D eigenvalue weighted by Gasteiger charge is -2.41. The van der Waals surface area contributed by atoms with Crippen molar-refractivity contribution in [2.45, 2.75) is 44.3 Å². The Morgan fingerprint density at radius 2 is 2.00 bits per heavy atom. The SMILES string of the molecule is [C-]#[N+]C[C@H]1CN(c2nc(OCC3CC4(CC4)CN3C)nc3c2CCN(c2cccc4ccc(F)c(Cl)c24)C3)CCN1C(=O)C(=C)F. The number of amides is 1. The monoisotopic (exact) mass is 647 g/mol. The first kappa shape index (κ1) is 30.6. The number of aromatic nitrogens is 2. The molecule has 1 aliphatic carbocycles. The molecule has 0 N–H and O–H groups in total. The van der Waals surface area contributed by atoms with Crippen LogP contribution in [0.5, 0.6) is 6.01 Å². The molecule has 1 saturated carbocycles. The Kier molecular flexibility index (Phi) is 7.97. The van der Waals surface area contributed by atoms with Crippen LogP contribution in [0.1, 0.15) is 30.5 Å². The van der Waals surface area contributed by atoms with Gasteiger partial charge in [0.05, 0.1) is 17.3 Å². The fourth-order valence-electron chi connectivity index (χ4n) is 7.48. The molecule has 7 rings (SSSR count). The first-order chi connectivity index (χ1) is 22.2. The molecule has 0 radical (unpaired) electrons. The van der Waals surface area contributed by atoms with E-state index in [-0.39, 0.29) is 30.2 Å². The van der Waals surface area contributed by atoms with E-state index in [1.54, 1.807) is 6.07 Å². The Hall–Kier alpha value is -4.01. The predicted molar refractivity (Wildman–Crippen MR) is 173 cm³/mol. The van der Waals surface area contributed by atoms with Crippen LogP contribution >= 0.6 is 11.6 Å². The number of piperazine rings is 1. The van der Waals surface area contributed by atoms with E-state index < -0.39 is 23.6 Å². The molecule has 3 aliphatic heterocycles. The number of fused-ring (bicyclic) bond motifs is 2. The van der Waals surface area contributed by atoms with Gasteiger partial charge in [0.1, 0.15) is 24.3 Å². The zero-order valence-corrected chi connectivity index (χ0v) is 26.6. The highest BCUT2D eigenvalue weighted by molar-refractivity contribution is 6.36. The molecule has 12 heteroatoms. The van der Waals surface area contributed by atoms with Gasteiger partial charge < -0.3 is 24.3 Å². The fourth-order valence-corrected chi connectivity index (χ4v) is 7.75. The van der Waals surface area contributed by atoms with Gasteiger partial charge in [0.25, 0.3) is 5.91 Å². The van der Waals surface area contributed by atoms with Crippen LogP contribution in [0.15, 0.2) is 42.7 Å². The first-order valence-corrected chi connectivity index (χ1v) is 16.1. The van der Waals surface area contributed by atoms with E-state index >= 15 is 0 Å². The highest BCUT2D eigenvalue weighted by Gasteiger charge is 2.51. The molecule has 1 unspecified atom stereocenters. The fraction of sp³-hybridized carbons (Fsp3) is 0.471. The molecule has 240 valence electrons. The molecule has 0 bridgehead atoms. The third-order valence-corrected chi connectivity index (χ3v) is 10.5. The predicted octanol–water partition coefficient (Wildman–Crippen LogP) is 5.27. The van der Waals surface area contributed by atoms with Crippen molar-refractivity contribution in [1.82, 2.24) is 19.8 Å². The minimum atomic E-state index is -1.03. The maximum atomic E-state index is 14.6. The number of ether oxygens (including phenoxy) is 1. The standard InChI is InChI=1S/C34H36ClF2N7O2/c1-21(36)32(45)44-14-13-43(17-24(44)16-38-2)31-25-9-12-42(28-6-4-5-22-7-8-26(37)30(35)29(22)28)18-27(25)39-33(40-31)46-19-23-15-34(10-11-34)20-41(23)3/h4-8,23-24H,1,9-20H2,3H3/t23?,24-/m0/s1. The van der Waals surface area contributed by atoms with Crippen molar-refractivity contribution >= 4 is 39.8 Å². The van der Waals surface area contributed by atoms with Gasteiger partial charge in [0.15, 0.2) is 5.83 Å². The highest BCUT2D eigenvalue weighted by atomic mass is 35.5. The van der Waals surface area contributed by atoms with Gasteiger partial charge >= 0.3 is 6.01 Å². The molecular formula is C34H36ClF2N7O2. The Labute approximate surface area is 272 Å². The molecule has 3 fully saturated rings. The van der Waals surface area contributed by atoms with E-state index in [1.165, 1.54) is 23.8 Å². The second kappa shape index (κ2) is 12.0. The lowest BCUT2D eigenvalue weighted by Crippen LogP contribution is -2.57. The van der Waals surface area contributed by atoms with Crippen LogP contribution in [0.2, 0.25) is 5.02 Å². The van der Waals surface area contributed by atoms with Crippen molar-refractivity contribution in [2.24, 2.45) is 5.41 Å². The van der Waals surface area contributed by atoms with E-state index in [2.05, 4.69) is 33.2 Å². The summed E-state index contributed by atoms with van der Waals surface area (Å²) in [4.78, 5) is 33.9. The molecule has 2 saturated heterocycles. The van der Waals surface area contributed by atoms with E-state index in [9.17, 15) is 13.6 Å². The number of likely N-dealkylation sites (tertiary alicyclic amines) is 1. The smallest absolute Gasteiger partial charge is 0.318 e. The van der Waals surface area contributed by atoms with Crippen molar-refractivity contribution in [3.63, 3.8) is 0 Å². The van der Waals surface area contributed by atoms with Crippen LogP contribution in [0.3, 0.4) is 0 Å². The van der Waals surface area contributed by atoms with Crippen molar-refractivity contribution < 1.29 is 18.3 Å². The van der Waals surface area contributed by atoms with Gasteiger partial charge in [-0.3, -0.25) is 9.69 Å². The Morgan fingerprint density at radius 3 is 2.74 bits per heavy atom. The van der Waals surface area contributed by atoms with E-state index in [0.29, 0.717) is 55.8 Å². The number of hydrogen-bond donors (Lipinski definition) is 0. The van der Waals surface area contributed by atoms with Gasteiger partial charge in [0, 0.05) is 55.4 Å². The second-order valence-electron chi connectivity index (χ2n) is 13.1. The van der Waals surface area contributed by atoms with Crippen molar-refractivity contribution in [3.05, 3.63) is 76.3 Å². The Morgan fingerprint density at radius 1 is 1.17 bits per heavy atom. The summed E-state index contributed by atoms with van der Waals surface area (Å²) in [5, 5.41) is 1.61. The molecular weight excluding hydrogens is 612 g/mol. The highest BCUT2D eigenvalue weighted by Crippen LogP contribution is 2.54. The number of carbonyl (C=O) groups is 1. The average molecular weight is 648 g/mol. The molecule has 4 aliphatic rings. The number of likely N-dealkylation sites (N-methyl/N-ethyl adjacent to an activating group) is 1. The van der Waals surface area contributed by atoms with Gasteiger partial charge in [-0.2, -0.15) is 9.97 Å². The number of carbonyl (C=O) groups excluding carboxylic acids is 1. The summed E-state index contributed by atoms with van der Waals surface area (Å²) in [7, 11) is 2.14. The van der Waals surface area contributed by atoms with Crippen LogP contribution in [-0.2, 0) is 17.8 Å². The summed E-state index contributed by atoms with van der Waals surface area (Å²) in [5.41, 5.74) is 3.02. The minimum Gasteiger partial charge on any atom is -0.462 e. The third kappa shape index (κ3) is 5.62. The zero-order chi connectivity index (χ0) is 32.2. The number of halogens is 3. The molecule has 3 aromatic rings. The van der Waals surface area contributed by atoms with Gasteiger partial charge in [0.2, 0.25) is 6.54 Å². The average Bonchev–Trinajstić information content (AvgIpc) is 3.73. The van der Waals surface area contributed by atoms with Crippen molar-refractivity contribution in [3.8, 4) is 6.01 Å². The van der Waals surface area contributed by atoms with Gasteiger partial charge in [-0.25, -0.2) is 15.4 Å². The van der Waals surface area contributed by atoms with E-state index in [4.69, 9.17) is 32.9 Å². The van der Waals surface area contributed by atoms with Gasteiger partial charge in [-0.1, -0.05) is 36.4 Å². The zero-order valence-electron chi connectivity index (χ0n) is 25.8. The largest absolute Gasteiger partial charge is 0.462 e. The van der Waals surface area contributed by atoms with Crippen LogP contribution in [0.4, 0.5) is 20.3 Å². The summed E-state index contributed by atoms with van der Waals surface area (Å²) in [6.07, 6.45) is 4.24. The van der Waals surface area contributed by atoms with Crippen LogP contribution in [-0.4, -0.2) is 90.7 Å².